The number of nitrogens with zero attached hydrogens (tertiary/aromatic N) is 2. The standard InChI is InChI=1S/C10H15ClN2O/c1-8-2-3-10(14)13(5-4-8)7-9(11)6-12/h8-9H,2-5,7H2,1H3. The highest BCUT2D eigenvalue weighted by molar-refractivity contribution is 6.22. The lowest BCUT2D eigenvalue weighted by Crippen LogP contribution is -2.35. The molecule has 0 spiro atoms. The van der Waals surface area contributed by atoms with Crippen molar-refractivity contribution in [2.75, 3.05) is 13.1 Å². The van der Waals surface area contributed by atoms with E-state index >= 15 is 0 Å². The summed E-state index contributed by atoms with van der Waals surface area (Å²) in [5.41, 5.74) is 0. The van der Waals surface area contributed by atoms with Crippen molar-refractivity contribution < 1.29 is 4.79 Å². The molecule has 1 aliphatic heterocycles. The maximum atomic E-state index is 11.6. The minimum atomic E-state index is -0.577. The molecule has 4 heteroatoms. The summed E-state index contributed by atoms with van der Waals surface area (Å²) < 4.78 is 0. The van der Waals surface area contributed by atoms with Gasteiger partial charge in [0.1, 0.15) is 5.38 Å². The fourth-order valence-electron chi connectivity index (χ4n) is 1.60. The molecule has 1 amide bonds. The molecule has 2 unspecified atom stereocenters. The fourth-order valence-corrected chi connectivity index (χ4v) is 1.77. The maximum absolute atomic E-state index is 11.6. The number of hydrogen-bond acceptors (Lipinski definition) is 2. The van der Waals surface area contributed by atoms with E-state index in [1.165, 1.54) is 0 Å². The summed E-state index contributed by atoms with van der Waals surface area (Å²) in [5, 5.41) is 7.98. The van der Waals surface area contributed by atoms with Gasteiger partial charge < -0.3 is 4.90 Å². The van der Waals surface area contributed by atoms with Gasteiger partial charge in [-0.2, -0.15) is 5.26 Å². The van der Waals surface area contributed by atoms with E-state index in [0.29, 0.717) is 18.9 Å². The van der Waals surface area contributed by atoms with Crippen LogP contribution in [-0.4, -0.2) is 29.3 Å². The normalized spacial score (nSPS) is 25.4. The van der Waals surface area contributed by atoms with Gasteiger partial charge >= 0.3 is 0 Å². The predicted octanol–water partition coefficient (Wildman–Crippen LogP) is 1.77. The molecule has 0 bridgehead atoms. The summed E-state index contributed by atoms with van der Waals surface area (Å²) in [6, 6.07) is 1.94. The lowest BCUT2D eigenvalue weighted by Gasteiger charge is -2.20. The molecule has 0 radical (unpaired) electrons. The van der Waals surface area contributed by atoms with Gasteiger partial charge in [0.05, 0.1) is 12.6 Å². The highest BCUT2D eigenvalue weighted by Crippen LogP contribution is 2.18. The second-order valence-corrected chi connectivity index (χ2v) is 4.40. The summed E-state index contributed by atoms with van der Waals surface area (Å²) in [6.07, 6.45) is 2.56. The van der Waals surface area contributed by atoms with Crippen LogP contribution in [0.25, 0.3) is 0 Å². The lowest BCUT2D eigenvalue weighted by atomic mass is 10.0. The van der Waals surface area contributed by atoms with Crippen molar-refractivity contribution in [3.63, 3.8) is 0 Å². The van der Waals surface area contributed by atoms with E-state index < -0.39 is 5.38 Å². The molecule has 1 rings (SSSR count). The number of carbonyl (C=O) groups excluding carboxylic acids is 1. The molecule has 0 aromatic heterocycles. The Balaban J connectivity index is 2.50. The van der Waals surface area contributed by atoms with Crippen molar-refractivity contribution in [3.8, 4) is 6.07 Å². The Bertz CT molecular complexity index is 249. The lowest BCUT2D eigenvalue weighted by molar-refractivity contribution is -0.130. The molecule has 78 valence electrons. The molecular formula is C10H15ClN2O. The molecule has 3 nitrogen and oxygen atoms in total. The van der Waals surface area contributed by atoms with E-state index in [1.54, 1.807) is 4.90 Å². The zero-order valence-electron chi connectivity index (χ0n) is 8.37. The number of hydrogen-bond donors (Lipinski definition) is 0. The van der Waals surface area contributed by atoms with E-state index in [9.17, 15) is 4.79 Å². The number of rotatable bonds is 2. The van der Waals surface area contributed by atoms with Crippen LogP contribution in [0, 0.1) is 17.2 Å². The Labute approximate surface area is 89.6 Å². The molecule has 0 N–H and O–H groups in total. The third kappa shape index (κ3) is 3.19. The Kier molecular flexibility index (Phi) is 4.21. The van der Waals surface area contributed by atoms with E-state index in [0.717, 1.165) is 19.4 Å². The minimum Gasteiger partial charge on any atom is -0.340 e. The van der Waals surface area contributed by atoms with Crippen molar-refractivity contribution in [2.24, 2.45) is 5.92 Å². The van der Waals surface area contributed by atoms with Gasteiger partial charge in [-0.25, -0.2) is 0 Å². The second kappa shape index (κ2) is 5.21. The Hall–Kier alpha value is -0.750. The van der Waals surface area contributed by atoms with Gasteiger partial charge in [0.15, 0.2) is 0 Å². The monoisotopic (exact) mass is 214 g/mol. The highest BCUT2D eigenvalue weighted by Gasteiger charge is 2.21. The van der Waals surface area contributed by atoms with Crippen LogP contribution in [-0.2, 0) is 4.79 Å². The topological polar surface area (TPSA) is 44.1 Å². The van der Waals surface area contributed by atoms with Gasteiger partial charge in [-0.3, -0.25) is 4.79 Å². The van der Waals surface area contributed by atoms with Crippen molar-refractivity contribution >= 4 is 17.5 Å². The average Bonchev–Trinajstić information content (AvgIpc) is 2.33. The molecule has 14 heavy (non-hydrogen) atoms. The third-order valence-electron chi connectivity index (χ3n) is 2.62. The summed E-state index contributed by atoms with van der Waals surface area (Å²) in [6.45, 7) is 3.26. The number of nitriles is 1. The number of halogens is 1. The van der Waals surface area contributed by atoms with Gasteiger partial charge in [-0.1, -0.05) is 6.92 Å². The first kappa shape index (κ1) is 11.3. The Morgan fingerprint density at radius 3 is 3.07 bits per heavy atom. The van der Waals surface area contributed by atoms with Gasteiger partial charge in [-0.05, 0) is 18.8 Å². The van der Waals surface area contributed by atoms with Crippen LogP contribution in [0.1, 0.15) is 26.2 Å². The number of amides is 1. The number of likely N-dealkylation sites (tertiary alicyclic amines) is 1. The van der Waals surface area contributed by atoms with E-state index in [1.807, 2.05) is 6.07 Å². The molecule has 1 saturated heterocycles. The van der Waals surface area contributed by atoms with Gasteiger partial charge in [0.25, 0.3) is 0 Å². The number of alkyl halides is 1. The first-order chi connectivity index (χ1) is 6.63. The van der Waals surface area contributed by atoms with Crippen LogP contribution in [0.5, 0.6) is 0 Å². The summed E-state index contributed by atoms with van der Waals surface area (Å²) in [4.78, 5) is 13.3. The molecular weight excluding hydrogens is 200 g/mol. The van der Waals surface area contributed by atoms with E-state index in [-0.39, 0.29) is 5.91 Å². The fraction of sp³-hybridized carbons (Fsp3) is 0.800. The first-order valence-electron chi connectivity index (χ1n) is 4.95. The van der Waals surface area contributed by atoms with Crippen LogP contribution < -0.4 is 0 Å². The van der Waals surface area contributed by atoms with E-state index in [4.69, 9.17) is 16.9 Å². The smallest absolute Gasteiger partial charge is 0.222 e. The molecule has 1 aliphatic rings. The Morgan fingerprint density at radius 1 is 1.71 bits per heavy atom. The van der Waals surface area contributed by atoms with Crippen LogP contribution >= 0.6 is 11.6 Å². The van der Waals surface area contributed by atoms with Crippen LogP contribution in [0.15, 0.2) is 0 Å². The summed E-state index contributed by atoms with van der Waals surface area (Å²) in [7, 11) is 0. The average molecular weight is 215 g/mol. The second-order valence-electron chi connectivity index (χ2n) is 3.87. The third-order valence-corrected chi connectivity index (χ3v) is 2.85. The molecule has 1 fully saturated rings. The summed E-state index contributed by atoms with van der Waals surface area (Å²) >= 11 is 5.70. The van der Waals surface area contributed by atoms with Crippen molar-refractivity contribution in [3.05, 3.63) is 0 Å². The van der Waals surface area contributed by atoms with Crippen molar-refractivity contribution in [1.82, 2.24) is 4.90 Å². The van der Waals surface area contributed by atoms with Crippen LogP contribution in [0.2, 0.25) is 0 Å². The SMILES string of the molecule is CC1CCC(=O)N(CC(Cl)C#N)CC1. The quantitative estimate of drug-likeness (QED) is 0.658. The summed E-state index contributed by atoms with van der Waals surface area (Å²) in [5.74, 6) is 0.732. The van der Waals surface area contributed by atoms with E-state index in [2.05, 4.69) is 6.92 Å². The first-order valence-corrected chi connectivity index (χ1v) is 5.38. The highest BCUT2D eigenvalue weighted by atomic mass is 35.5. The molecule has 1 heterocycles. The molecule has 0 aliphatic carbocycles. The number of carbonyl (C=O) groups is 1. The van der Waals surface area contributed by atoms with Gasteiger partial charge in [0.2, 0.25) is 5.91 Å². The zero-order valence-corrected chi connectivity index (χ0v) is 9.13. The molecule has 0 aromatic carbocycles. The molecule has 0 saturated carbocycles. The predicted molar refractivity (Wildman–Crippen MR) is 54.8 cm³/mol. The maximum Gasteiger partial charge on any atom is 0.222 e. The largest absolute Gasteiger partial charge is 0.340 e. The molecule has 2 atom stereocenters. The van der Waals surface area contributed by atoms with Crippen molar-refractivity contribution in [1.29, 1.82) is 5.26 Å². The van der Waals surface area contributed by atoms with Crippen LogP contribution in [0.3, 0.4) is 0 Å². The zero-order chi connectivity index (χ0) is 10.6. The van der Waals surface area contributed by atoms with Gasteiger partial charge in [-0.15, -0.1) is 11.6 Å². The van der Waals surface area contributed by atoms with Crippen LogP contribution in [0.4, 0.5) is 0 Å². The molecule has 0 aromatic rings. The van der Waals surface area contributed by atoms with Crippen molar-refractivity contribution in [2.45, 2.75) is 31.6 Å². The van der Waals surface area contributed by atoms with Gasteiger partial charge in [0, 0.05) is 13.0 Å². The Morgan fingerprint density at radius 2 is 2.43 bits per heavy atom. The minimum absolute atomic E-state index is 0.134.